The fourth-order valence-electron chi connectivity index (χ4n) is 2.14. The molecule has 0 fully saturated rings. The van der Waals surface area contributed by atoms with Crippen LogP contribution >= 0.6 is 11.3 Å². The summed E-state index contributed by atoms with van der Waals surface area (Å²) < 4.78 is 24.6. The van der Waals surface area contributed by atoms with Crippen LogP contribution in [-0.2, 0) is 16.4 Å². The van der Waals surface area contributed by atoms with Crippen molar-refractivity contribution in [1.29, 1.82) is 0 Å². The molecule has 2 aromatic rings. The minimum Gasteiger partial charge on any atom is -0.357 e. The highest BCUT2D eigenvalue weighted by atomic mass is 32.2. The smallest absolute Gasteiger partial charge is 0.191 e. The second-order valence-electron chi connectivity index (χ2n) is 5.50. The van der Waals surface area contributed by atoms with Gasteiger partial charge in [-0.15, -0.1) is 11.3 Å². The molecule has 0 saturated heterocycles. The van der Waals surface area contributed by atoms with E-state index >= 15 is 0 Å². The maximum Gasteiger partial charge on any atom is 0.191 e. The molecule has 0 radical (unpaired) electrons. The summed E-state index contributed by atoms with van der Waals surface area (Å²) in [6.07, 6.45) is 0. The molecule has 2 rings (SSSR count). The number of aromatic nitrogens is 1. The molecule has 0 atom stereocenters. The van der Waals surface area contributed by atoms with Gasteiger partial charge in [-0.05, 0) is 32.9 Å². The number of aryl methyl sites for hydroxylation is 2. The van der Waals surface area contributed by atoms with Gasteiger partial charge in [-0.3, -0.25) is 0 Å². The van der Waals surface area contributed by atoms with E-state index in [-0.39, 0.29) is 5.75 Å². The number of rotatable bonds is 7. The first-order valence-corrected chi connectivity index (χ1v) is 10.6. The summed E-state index contributed by atoms with van der Waals surface area (Å²) in [5, 5.41) is 7.14. The Morgan fingerprint density at radius 2 is 1.92 bits per heavy atom. The number of sulfone groups is 1. The zero-order valence-electron chi connectivity index (χ0n) is 14.7. The summed E-state index contributed by atoms with van der Waals surface area (Å²) in [5.41, 5.74) is 1.03. The molecule has 0 unspecified atom stereocenters. The Kier molecular flexibility index (Phi) is 6.95. The van der Waals surface area contributed by atoms with Gasteiger partial charge in [0, 0.05) is 18.0 Å². The van der Waals surface area contributed by atoms with Crippen LogP contribution in [0.2, 0.25) is 0 Å². The van der Waals surface area contributed by atoms with Gasteiger partial charge in [-0.2, -0.15) is 0 Å². The van der Waals surface area contributed by atoms with E-state index < -0.39 is 9.84 Å². The molecule has 1 heterocycles. The third kappa shape index (κ3) is 5.82. The van der Waals surface area contributed by atoms with E-state index in [9.17, 15) is 8.42 Å². The van der Waals surface area contributed by atoms with Gasteiger partial charge in [-0.1, -0.05) is 18.2 Å². The summed E-state index contributed by atoms with van der Waals surface area (Å²) in [6, 6.07) is 8.48. The van der Waals surface area contributed by atoms with Crippen molar-refractivity contribution in [2.75, 3.05) is 18.8 Å². The quantitative estimate of drug-likeness (QED) is 0.569. The second kappa shape index (κ2) is 8.96. The van der Waals surface area contributed by atoms with Crippen molar-refractivity contribution < 1.29 is 8.42 Å². The fraction of sp³-hybridized carbons (Fsp3) is 0.412. The summed E-state index contributed by atoms with van der Waals surface area (Å²) in [4.78, 5) is 10.5. The molecule has 6 nitrogen and oxygen atoms in total. The zero-order chi connectivity index (χ0) is 18.3. The van der Waals surface area contributed by atoms with Crippen LogP contribution in [0.5, 0.6) is 0 Å². The lowest BCUT2D eigenvalue weighted by atomic mass is 10.4. The third-order valence-corrected chi connectivity index (χ3v) is 6.34. The molecule has 1 aromatic carbocycles. The van der Waals surface area contributed by atoms with Gasteiger partial charge in [0.2, 0.25) is 0 Å². The molecule has 0 spiro atoms. The van der Waals surface area contributed by atoms with Crippen molar-refractivity contribution >= 4 is 27.1 Å². The van der Waals surface area contributed by atoms with E-state index in [1.807, 2.05) is 20.8 Å². The maximum atomic E-state index is 12.3. The van der Waals surface area contributed by atoms with Gasteiger partial charge in [0.25, 0.3) is 0 Å². The number of guanidine groups is 1. The summed E-state index contributed by atoms with van der Waals surface area (Å²) in [5.74, 6) is 0.605. The second-order valence-corrected chi connectivity index (χ2v) is 8.90. The summed E-state index contributed by atoms with van der Waals surface area (Å²) >= 11 is 1.63. The lowest BCUT2D eigenvalue weighted by Gasteiger charge is -2.11. The van der Waals surface area contributed by atoms with Gasteiger partial charge < -0.3 is 10.6 Å². The highest BCUT2D eigenvalue weighted by Crippen LogP contribution is 2.16. The van der Waals surface area contributed by atoms with Crippen LogP contribution in [0.25, 0.3) is 0 Å². The van der Waals surface area contributed by atoms with Gasteiger partial charge in [0.15, 0.2) is 15.8 Å². The molecular formula is C17H24N4O2S2. The Labute approximate surface area is 153 Å². The van der Waals surface area contributed by atoms with E-state index in [1.54, 1.807) is 41.7 Å². The number of hydrogen-bond acceptors (Lipinski definition) is 5. The molecule has 0 aliphatic heterocycles. The summed E-state index contributed by atoms with van der Waals surface area (Å²) in [6.45, 7) is 7.46. The number of benzene rings is 1. The SMILES string of the molecule is CCNC(=NCc1nc(C)c(C)s1)NCCS(=O)(=O)c1ccccc1. The third-order valence-electron chi connectivity index (χ3n) is 3.56. The molecule has 0 amide bonds. The van der Waals surface area contributed by atoms with Gasteiger partial charge >= 0.3 is 0 Å². The Bertz CT molecular complexity index is 795. The molecule has 0 bridgehead atoms. The van der Waals surface area contributed by atoms with E-state index in [2.05, 4.69) is 20.6 Å². The van der Waals surface area contributed by atoms with Crippen molar-refractivity contribution in [3.05, 3.63) is 45.9 Å². The number of thiazole rings is 1. The van der Waals surface area contributed by atoms with E-state index in [0.29, 0.717) is 30.5 Å². The average molecular weight is 381 g/mol. The van der Waals surface area contributed by atoms with Gasteiger partial charge in [0.1, 0.15) is 5.01 Å². The average Bonchev–Trinajstić information content (AvgIpc) is 2.91. The van der Waals surface area contributed by atoms with Gasteiger partial charge in [-0.25, -0.2) is 18.4 Å². The predicted molar refractivity (Wildman–Crippen MR) is 103 cm³/mol. The van der Waals surface area contributed by atoms with Crippen LogP contribution in [0.4, 0.5) is 0 Å². The Hall–Kier alpha value is -1.93. The first-order valence-electron chi connectivity index (χ1n) is 8.15. The van der Waals surface area contributed by atoms with Crippen molar-refractivity contribution in [3.63, 3.8) is 0 Å². The predicted octanol–water partition coefficient (Wildman–Crippen LogP) is 2.29. The normalized spacial score (nSPS) is 12.2. The molecular weight excluding hydrogens is 356 g/mol. The van der Waals surface area contributed by atoms with Gasteiger partial charge in [0.05, 0.1) is 22.9 Å². The molecule has 136 valence electrons. The van der Waals surface area contributed by atoms with Crippen LogP contribution in [0, 0.1) is 13.8 Å². The molecule has 0 aliphatic rings. The number of aliphatic imine (C=N–C) groups is 1. The van der Waals surface area contributed by atoms with Crippen molar-refractivity contribution in [2.24, 2.45) is 4.99 Å². The monoisotopic (exact) mass is 380 g/mol. The lowest BCUT2D eigenvalue weighted by molar-refractivity contribution is 0.594. The van der Waals surface area contributed by atoms with Crippen LogP contribution in [0.3, 0.4) is 0 Å². The molecule has 0 saturated carbocycles. The largest absolute Gasteiger partial charge is 0.357 e. The molecule has 25 heavy (non-hydrogen) atoms. The topological polar surface area (TPSA) is 83.4 Å². The fourth-order valence-corrected chi connectivity index (χ4v) is 4.18. The first kappa shape index (κ1) is 19.4. The van der Waals surface area contributed by atoms with E-state index in [0.717, 1.165) is 10.7 Å². The Morgan fingerprint density at radius 3 is 2.52 bits per heavy atom. The summed E-state index contributed by atoms with van der Waals surface area (Å²) in [7, 11) is -3.30. The van der Waals surface area contributed by atoms with Crippen LogP contribution < -0.4 is 10.6 Å². The minimum absolute atomic E-state index is 0.0108. The maximum absolute atomic E-state index is 12.3. The van der Waals surface area contributed by atoms with Crippen LogP contribution in [0.15, 0.2) is 40.2 Å². The molecule has 8 heteroatoms. The molecule has 0 aliphatic carbocycles. The zero-order valence-corrected chi connectivity index (χ0v) is 16.4. The number of nitrogens with zero attached hydrogens (tertiary/aromatic N) is 2. The van der Waals surface area contributed by atoms with Crippen molar-refractivity contribution in [3.8, 4) is 0 Å². The Morgan fingerprint density at radius 1 is 1.20 bits per heavy atom. The lowest BCUT2D eigenvalue weighted by Crippen LogP contribution is -2.39. The van der Waals surface area contributed by atoms with Crippen molar-refractivity contribution in [1.82, 2.24) is 15.6 Å². The number of hydrogen-bond donors (Lipinski definition) is 2. The molecule has 2 N–H and O–H groups in total. The standard InChI is InChI=1S/C17H24N4O2S2/c1-4-18-17(20-12-16-21-13(2)14(3)24-16)19-10-11-25(22,23)15-8-6-5-7-9-15/h5-9H,4,10-12H2,1-3H3,(H2,18,19,20). The van der Waals surface area contributed by atoms with E-state index in [1.165, 1.54) is 4.88 Å². The minimum atomic E-state index is -3.30. The first-order chi connectivity index (χ1) is 11.9. The van der Waals surface area contributed by atoms with Crippen LogP contribution in [0.1, 0.15) is 22.5 Å². The van der Waals surface area contributed by atoms with Crippen LogP contribution in [-0.4, -0.2) is 38.2 Å². The molecule has 1 aromatic heterocycles. The highest BCUT2D eigenvalue weighted by molar-refractivity contribution is 7.91. The van der Waals surface area contributed by atoms with E-state index in [4.69, 9.17) is 0 Å². The number of nitrogens with one attached hydrogen (secondary N) is 2. The van der Waals surface area contributed by atoms with Crippen molar-refractivity contribution in [2.45, 2.75) is 32.2 Å². The Balaban J connectivity index is 1.94. The highest BCUT2D eigenvalue weighted by Gasteiger charge is 2.13.